The smallest absolute Gasteiger partial charge is 0.307 e. The molecule has 2 rings (SSSR count). The van der Waals surface area contributed by atoms with Gasteiger partial charge in [-0.25, -0.2) is 0 Å². The molecule has 0 aliphatic rings. The van der Waals surface area contributed by atoms with Gasteiger partial charge in [0.05, 0.1) is 13.5 Å². The first kappa shape index (κ1) is 24.9. The van der Waals surface area contributed by atoms with Gasteiger partial charge in [0, 0.05) is 16.6 Å². The fourth-order valence-electron chi connectivity index (χ4n) is 3.20. The molecule has 0 fully saturated rings. The standard InChI is InChI=1S/C25H32BrNO4/c1-17(2)6-5-7-23(20-10-13-22(26)18(3)16-20)31-21-11-8-19(9-12-21)25(29)27-15-14-24(28)30-4/h8-13,16-17,23H,5-7,14-15H2,1-4H3,(H,27,29). The van der Waals surface area contributed by atoms with Crippen LogP contribution in [0.4, 0.5) is 0 Å². The fourth-order valence-corrected chi connectivity index (χ4v) is 3.45. The van der Waals surface area contributed by atoms with E-state index in [1.165, 1.54) is 12.7 Å². The van der Waals surface area contributed by atoms with Gasteiger partial charge in [-0.1, -0.05) is 48.3 Å². The second-order valence-corrected chi connectivity index (χ2v) is 8.90. The summed E-state index contributed by atoms with van der Waals surface area (Å²) in [6.07, 6.45) is 3.26. The van der Waals surface area contributed by atoms with Crippen LogP contribution in [-0.4, -0.2) is 25.5 Å². The zero-order chi connectivity index (χ0) is 22.8. The number of rotatable bonds is 11. The number of esters is 1. The summed E-state index contributed by atoms with van der Waals surface area (Å²) in [7, 11) is 1.33. The Balaban J connectivity index is 2.04. The molecule has 31 heavy (non-hydrogen) atoms. The molecule has 1 atom stereocenters. The number of carbonyl (C=O) groups is 2. The molecule has 0 heterocycles. The highest BCUT2D eigenvalue weighted by molar-refractivity contribution is 9.10. The maximum Gasteiger partial charge on any atom is 0.307 e. The number of halogens is 1. The highest BCUT2D eigenvalue weighted by Gasteiger charge is 2.16. The summed E-state index contributed by atoms with van der Waals surface area (Å²) in [5, 5.41) is 2.72. The van der Waals surface area contributed by atoms with Crippen molar-refractivity contribution in [1.29, 1.82) is 0 Å². The van der Waals surface area contributed by atoms with Crippen LogP contribution in [0.3, 0.4) is 0 Å². The summed E-state index contributed by atoms with van der Waals surface area (Å²) in [5.74, 6) is 0.800. The largest absolute Gasteiger partial charge is 0.486 e. The third-order valence-electron chi connectivity index (χ3n) is 5.04. The highest BCUT2D eigenvalue weighted by atomic mass is 79.9. The highest BCUT2D eigenvalue weighted by Crippen LogP contribution is 2.30. The van der Waals surface area contributed by atoms with Crippen molar-refractivity contribution < 1.29 is 19.1 Å². The number of nitrogens with one attached hydrogen (secondary N) is 1. The second kappa shape index (κ2) is 12.5. The lowest BCUT2D eigenvalue weighted by Crippen LogP contribution is -2.26. The molecule has 2 aromatic rings. The third-order valence-corrected chi connectivity index (χ3v) is 5.93. The lowest BCUT2D eigenvalue weighted by Gasteiger charge is -2.21. The molecule has 0 radical (unpaired) electrons. The second-order valence-electron chi connectivity index (χ2n) is 8.05. The number of carbonyl (C=O) groups excluding carboxylic acids is 2. The van der Waals surface area contributed by atoms with E-state index in [4.69, 9.17) is 4.74 Å². The topological polar surface area (TPSA) is 64.6 Å². The van der Waals surface area contributed by atoms with Crippen molar-refractivity contribution in [2.45, 2.75) is 52.6 Å². The molecule has 0 spiro atoms. The minimum absolute atomic E-state index is 0.0507. The lowest BCUT2D eigenvalue weighted by atomic mass is 9.99. The summed E-state index contributed by atoms with van der Waals surface area (Å²) >= 11 is 3.56. The van der Waals surface area contributed by atoms with Crippen LogP contribution in [0.1, 0.15) is 67.1 Å². The van der Waals surface area contributed by atoms with Gasteiger partial charge in [-0.15, -0.1) is 0 Å². The molecule has 1 amide bonds. The third kappa shape index (κ3) is 8.37. The molecular weight excluding hydrogens is 458 g/mol. The number of benzene rings is 2. The summed E-state index contributed by atoms with van der Waals surface area (Å²) < 4.78 is 12.0. The number of hydrogen-bond donors (Lipinski definition) is 1. The van der Waals surface area contributed by atoms with Crippen molar-refractivity contribution in [2.75, 3.05) is 13.7 Å². The molecule has 0 saturated carbocycles. The number of amides is 1. The normalized spacial score (nSPS) is 11.8. The van der Waals surface area contributed by atoms with E-state index in [1.807, 2.05) is 12.1 Å². The van der Waals surface area contributed by atoms with Gasteiger partial charge in [-0.3, -0.25) is 9.59 Å². The van der Waals surface area contributed by atoms with Crippen molar-refractivity contribution >= 4 is 27.8 Å². The molecular formula is C25H32BrNO4. The van der Waals surface area contributed by atoms with Crippen LogP contribution < -0.4 is 10.1 Å². The van der Waals surface area contributed by atoms with E-state index >= 15 is 0 Å². The van der Waals surface area contributed by atoms with Crippen LogP contribution >= 0.6 is 15.9 Å². The SMILES string of the molecule is COC(=O)CCNC(=O)c1ccc(OC(CCCC(C)C)c2ccc(Br)c(C)c2)cc1. The predicted octanol–water partition coefficient (Wildman–Crippen LogP) is 6.00. The van der Waals surface area contributed by atoms with E-state index in [-0.39, 0.29) is 30.9 Å². The van der Waals surface area contributed by atoms with Gasteiger partial charge < -0.3 is 14.8 Å². The molecule has 0 aromatic heterocycles. The lowest BCUT2D eigenvalue weighted by molar-refractivity contribution is -0.140. The molecule has 1 unspecified atom stereocenters. The van der Waals surface area contributed by atoms with Crippen LogP contribution in [0.2, 0.25) is 0 Å². The van der Waals surface area contributed by atoms with Crippen LogP contribution in [0.25, 0.3) is 0 Å². The van der Waals surface area contributed by atoms with Crippen LogP contribution in [-0.2, 0) is 9.53 Å². The Labute approximate surface area is 193 Å². The van der Waals surface area contributed by atoms with Crippen molar-refractivity contribution in [3.63, 3.8) is 0 Å². The van der Waals surface area contributed by atoms with Gasteiger partial charge in [0.25, 0.3) is 5.91 Å². The minimum Gasteiger partial charge on any atom is -0.486 e. The maximum atomic E-state index is 12.2. The first-order chi connectivity index (χ1) is 14.8. The van der Waals surface area contributed by atoms with Gasteiger partial charge >= 0.3 is 5.97 Å². The molecule has 0 saturated heterocycles. The minimum atomic E-state index is -0.351. The van der Waals surface area contributed by atoms with E-state index in [0.717, 1.165) is 35.0 Å². The van der Waals surface area contributed by atoms with Gasteiger partial charge in [0.2, 0.25) is 0 Å². The summed E-state index contributed by atoms with van der Waals surface area (Å²) in [4.78, 5) is 23.4. The van der Waals surface area contributed by atoms with E-state index < -0.39 is 0 Å². The number of hydrogen-bond acceptors (Lipinski definition) is 4. The molecule has 0 aliphatic carbocycles. The Morgan fingerprint density at radius 2 is 1.77 bits per heavy atom. The number of ether oxygens (including phenoxy) is 2. The Kier molecular flexibility index (Phi) is 10.0. The number of methoxy groups -OCH3 is 1. The molecule has 0 aliphatic heterocycles. The maximum absolute atomic E-state index is 12.2. The molecule has 0 bridgehead atoms. The molecule has 5 nitrogen and oxygen atoms in total. The average Bonchev–Trinajstić information content (AvgIpc) is 2.75. The van der Waals surface area contributed by atoms with Crippen molar-refractivity contribution in [3.8, 4) is 5.75 Å². The van der Waals surface area contributed by atoms with Gasteiger partial charge in [-0.05, 0) is 67.1 Å². The Bertz CT molecular complexity index is 864. The van der Waals surface area contributed by atoms with Crippen molar-refractivity contribution in [1.82, 2.24) is 5.32 Å². The first-order valence-corrected chi connectivity index (χ1v) is 11.5. The quantitative estimate of drug-likeness (QED) is 0.393. The van der Waals surface area contributed by atoms with Crippen molar-refractivity contribution in [3.05, 3.63) is 63.6 Å². The first-order valence-electron chi connectivity index (χ1n) is 10.7. The zero-order valence-electron chi connectivity index (χ0n) is 18.7. The number of aryl methyl sites for hydroxylation is 1. The average molecular weight is 490 g/mol. The monoisotopic (exact) mass is 489 g/mol. The van der Waals surface area contributed by atoms with Crippen molar-refractivity contribution in [2.24, 2.45) is 5.92 Å². The summed E-state index contributed by atoms with van der Waals surface area (Å²) in [6, 6.07) is 13.4. The van der Waals surface area contributed by atoms with Gasteiger partial charge in [0.15, 0.2) is 0 Å². The van der Waals surface area contributed by atoms with Crippen LogP contribution in [0.15, 0.2) is 46.9 Å². The van der Waals surface area contributed by atoms with Gasteiger partial charge in [0.1, 0.15) is 11.9 Å². The van der Waals surface area contributed by atoms with E-state index in [2.05, 4.69) is 65.0 Å². The molecule has 1 N–H and O–H groups in total. The Morgan fingerprint density at radius 1 is 1.06 bits per heavy atom. The zero-order valence-corrected chi connectivity index (χ0v) is 20.3. The van der Waals surface area contributed by atoms with Crippen LogP contribution in [0.5, 0.6) is 5.75 Å². The molecule has 168 valence electrons. The predicted molar refractivity (Wildman–Crippen MR) is 126 cm³/mol. The summed E-state index contributed by atoms with van der Waals surface area (Å²) in [5.41, 5.74) is 2.84. The van der Waals surface area contributed by atoms with E-state index in [1.54, 1.807) is 12.1 Å². The molecule has 2 aromatic carbocycles. The van der Waals surface area contributed by atoms with Gasteiger partial charge in [-0.2, -0.15) is 0 Å². The van der Waals surface area contributed by atoms with E-state index in [9.17, 15) is 9.59 Å². The Morgan fingerprint density at radius 3 is 2.39 bits per heavy atom. The fraction of sp³-hybridized carbons (Fsp3) is 0.440. The molecule has 6 heteroatoms. The van der Waals surface area contributed by atoms with Crippen LogP contribution in [0, 0.1) is 12.8 Å². The van der Waals surface area contributed by atoms with E-state index in [0.29, 0.717) is 11.5 Å². The summed E-state index contributed by atoms with van der Waals surface area (Å²) in [6.45, 7) is 6.78. The Hall–Kier alpha value is -2.34.